The fourth-order valence-corrected chi connectivity index (χ4v) is 5.73. The highest BCUT2D eigenvalue weighted by molar-refractivity contribution is 8.01. The molecule has 4 heterocycles. The van der Waals surface area contributed by atoms with Crippen LogP contribution >= 0.6 is 34.7 Å². The first-order valence-electron chi connectivity index (χ1n) is 10.0. The summed E-state index contributed by atoms with van der Waals surface area (Å²) in [4.78, 5) is 21.5. The van der Waals surface area contributed by atoms with Gasteiger partial charge in [-0.2, -0.15) is 0 Å². The molecule has 1 amide bonds. The van der Waals surface area contributed by atoms with Gasteiger partial charge in [0.15, 0.2) is 4.34 Å². The third-order valence-electron chi connectivity index (χ3n) is 5.17. The van der Waals surface area contributed by atoms with Gasteiger partial charge in [0.2, 0.25) is 5.13 Å². The molecule has 8 nitrogen and oxygen atoms in total. The van der Waals surface area contributed by atoms with Gasteiger partial charge in [-0.05, 0) is 31.4 Å². The Labute approximate surface area is 199 Å². The lowest BCUT2D eigenvalue weighted by Gasteiger charge is -2.14. The first-order valence-corrected chi connectivity index (χ1v) is 12.1. The van der Waals surface area contributed by atoms with Crippen LogP contribution in [0.2, 0.25) is 5.15 Å². The Morgan fingerprint density at radius 1 is 1.31 bits per heavy atom. The monoisotopic (exact) mass is 491 g/mol. The van der Waals surface area contributed by atoms with Crippen molar-refractivity contribution < 1.29 is 14.3 Å². The second-order valence-electron chi connectivity index (χ2n) is 7.35. The number of aryl methyl sites for hydroxylation is 1. The third-order valence-corrected chi connectivity index (χ3v) is 7.59. The maximum absolute atomic E-state index is 13.1. The van der Waals surface area contributed by atoms with Crippen LogP contribution in [0.15, 0.2) is 28.9 Å². The number of carbonyl (C=O) groups excluding carboxylic acids is 1. The topological polar surface area (TPSA) is 99.1 Å². The molecule has 4 rings (SSSR count). The summed E-state index contributed by atoms with van der Waals surface area (Å²) >= 11 is 9.11. The number of methoxy groups -OCH3 is 1. The van der Waals surface area contributed by atoms with Crippen LogP contribution in [-0.4, -0.2) is 51.6 Å². The van der Waals surface area contributed by atoms with Gasteiger partial charge in [0, 0.05) is 34.9 Å². The number of amides is 1. The van der Waals surface area contributed by atoms with Gasteiger partial charge < -0.3 is 9.47 Å². The Kier molecular flexibility index (Phi) is 7.24. The predicted molar refractivity (Wildman–Crippen MR) is 126 cm³/mol. The zero-order chi connectivity index (χ0) is 22.7. The van der Waals surface area contributed by atoms with E-state index in [9.17, 15) is 4.79 Å². The number of nitrogens with zero attached hydrogens (tertiary/aromatic N) is 4. The van der Waals surface area contributed by atoms with Crippen molar-refractivity contribution in [2.24, 2.45) is 5.92 Å². The van der Waals surface area contributed by atoms with E-state index < -0.39 is 0 Å². The Morgan fingerprint density at radius 2 is 2.16 bits per heavy atom. The van der Waals surface area contributed by atoms with Crippen LogP contribution in [0.25, 0.3) is 11.1 Å². The van der Waals surface area contributed by atoms with Crippen molar-refractivity contribution in [3.8, 4) is 16.9 Å². The second-order valence-corrected chi connectivity index (χ2v) is 10.3. The molecule has 1 fully saturated rings. The number of hydrogen-bond acceptors (Lipinski definition) is 9. The van der Waals surface area contributed by atoms with E-state index in [2.05, 4.69) is 32.4 Å². The van der Waals surface area contributed by atoms with Crippen molar-refractivity contribution in [1.29, 1.82) is 0 Å². The molecule has 32 heavy (non-hydrogen) atoms. The minimum atomic E-state index is -0.340. The van der Waals surface area contributed by atoms with Crippen LogP contribution < -0.4 is 10.1 Å². The summed E-state index contributed by atoms with van der Waals surface area (Å²) in [5, 5.41) is 12.3. The number of carbonyl (C=O) groups is 1. The van der Waals surface area contributed by atoms with E-state index in [1.54, 1.807) is 24.9 Å². The molecule has 0 aromatic carbocycles. The molecular weight excluding hydrogens is 470 g/mol. The average molecular weight is 492 g/mol. The van der Waals surface area contributed by atoms with Gasteiger partial charge in [0.1, 0.15) is 10.9 Å². The lowest BCUT2D eigenvalue weighted by Crippen LogP contribution is -2.14. The molecule has 0 saturated carbocycles. The minimum Gasteiger partial charge on any atom is -0.494 e. The highest BCUT2D eigenvalue weighted by Gasteiger charge is 2.25. The van der Waals surface area contributed by atoms with Gasteiger partial charge in [0.05, 0.1) is 25.5 Å². The number of anilines is 1. The molecule has 1 saturated heterocycles. The lowest BCUT2D eigenvalue weighted by molar-refractivity contribution is 0.102. The summed E-state index contributed by atoms with van der Waals surface area (Å²) in [6.45, 7) is 5.61. The average Bonchev–Trinajstić information content (AvgIpc) is 3.46. The van der Waals surface area contributed by atoms with Crippen molar-refractivity contribution >= 4 is 45.7 Å². The van der Waals surface area contributed by atoms with Gasteiger partial charge in [-0.25, -0.2) is 4.98 Å². The Hall–Kier alpha value is -2.27. The number of pyridine rings is 2. The van der Waals surface area contributed by atoms with E-state index >= 15 is 0 Å². The molecule has 1 N–H and O–H groups in total. The lowest BCUT2D eigenvalue weighted by atomic mass is 10.0. The summed E-state index contributed by atoms with van der Waals surface area (Å²) < 4.78 is 11.7. The van der Waals surface area contributed by atoms with Gasteiger partial charge in [-0.15, -0.1) is 10.2 Å². The molecule has 1 aliphatic heterocycles. The van der Waals surface area contributed by atoms with E-state index in [4.69, 9.17) is 21.1 Å². The highest BCUT2D eigenvalue weighted by Crippen LogP contribution is 2.36. The van der Waals surface area contributed by atoms with Crippen LogP contribution in [0, 0.1) is 12.8 Å². The van der Waals surface area contributed by atoms with Crippen molar-refractivity contribution in [2.75, 3.05) is 25.6 Å². The van der Waals surface area contributed by atoms with Crippen molar-refractivity contribution in [1.82, 2.24) is 20.2 Å². The number of rotatable bonds is 7. The molecule has 11 heteroatoms. The van der Waals surface area contributed by atoms with Crippen LogP contribution in [0.4, 0.5) is 5.13 Å². The fraction of sp³-hybridized carbons (Fsp3) is 0.381. The molecule has 3 aromatic heterocycles. The predicted octanol–water partition coefficient (Wildman–Crippen LogP) is 4.73. The van der Waals surface area contributed by atoms with Crippen LogP contribution in [-0.2, 0) is 4.74 Å². The molecule has 1 aliphatic rings. The number of thioether (sulfide) groups is 1. The van der Waals surface area contributed by atoms with Gasteiger partial charge in [-0.1, -0.05) is 41.6 Å². The molecule has 168 valence electrons. The van der Waals surface area contributed by atoms with E-state index in [-0.39, 0.29) is 5.91 Å². The van der Waals surface area contributed by atoms with Crippen LogP contribution in [0.1, 0.15) is 29.4 Å². The molecule has 2 unspecified atom stereocenters. The molecule has 3 aromatic rings. The third kappa shape index (κ3) is 5.20. The summed E-state index contributed by atoms with van der Waals surface area (Å²) in [6.07, 6.45) is 4.12. The standard InChI is InChI=1S/C21H22ClN5O3S2/c1-11-6-14(15-7-18(22)24-9-17(15)29-3)16(8-23-11)19(28)25-20-26-27-21(32-20)31-12(2)13-4-5-30-10-13/h6-9,12-13H,4-5,10H2,1-3H3,(H,25,26,28). The Balaban J connectivity index is 1.55. The number of aromatic nitrogens is 4. The first-order chi connectivity index (χ1) is 15.4. The number of hydrogen-bond donors (Lipinski definition) is 1. The van der Waals surface area contributed by atoms with Gasteiger partial charge in [-0.3, -0.25) is 15.1 Å². The fourth-order valence-electron chi connectivity index (χ4n) is 3.40. The minimum absolute atomic E-state index is 0.300. The van der Waals surface area contributed by atoms with Gasteiger partial charge >= 0.3 is 0 Å². The molecule has 0 bridgehead atoms. The second kappa shape index (κ2) is 10.1. The van der Waals surface area contributed by atoms with Crippen molar-refractivity contribution in [2.45, 2.75) is 29.9 Å². The number of halogens is 1. The summed E-state index contributed by atoms with van der Waals surface area (Å²) in [7, 11) is 1.54. The maximum Gasteiger partial charge on any atom is 0.259 e. The normalized spacial score (nSPS) is 16.7. The zero-order valence-corrected chi connectivity index (χ0v) is 20.2. The Morgan fingerprint density at radius 3 is 2.91 bits per heavy atom. The number of ether oxygens (including phenoxy) is 2. The van der Waals surface area contributed by atoms with E-state index in [0.717, 1.165) is 29.7 Å². The molecular formula is C21H22ClN5O3S2. The summed E-state index contributed by atoms with van der Waals surface area (Å²) in [5.41, 5.74) is 2.43. The molecule has 0 aliphatic carbocycles. The summed E-state index contributed by atoms with van der Waals surface area (Å²) in [6, 6.07) is 3.48. The SMILES string of the molecule is COc1cnc(Cl)cc1-c1cc(C)ncc1C(=O)Nc1nnc(SC(C)C2CCOC2)s1. The largest absolute Gasteiger partial charge is 0.494 e. The Bertz CT molecular complexity index is 1120. The zero-order valence-electron chi connectivity index (χ0n) is 17.8. The molecule has 0 spiro atoms. The number of nitrogens with one attached hydrogen (secondary N) is 1. The summed E-state index contributed by atoms with van der Waals surface area (Å²) in [5.74, 6) is 0.672. The van der Waals surface area contributed by atoms with E-state index in [1.165, 1.54) is 23.7 Å². The quantitative estimate of drug-likeness (QED) is 0.287. The highest BCUT2D eigenvalue weighted by atomic mass is 35.5. The van der Waals surface area contributed by atoms with Crippen molar-refractivity contribution in [3.63, 3.8) is 0 Å². The van der Waals surface area contributed by atoms with Gasteiger partial charge in [0.25, 0.3) is 5.91 Å². The molecule has 0 radical (unpaired) electrons. The maximum atomic E-state index is 13.1. The van der Waals surface area contributed by atoms with Crippen LogP contribution in [0.5, 0.6) is 5.75 Å². The smallest absolute Gasteiger partial charge is 0.259 e. The first kappa shape index (κ1) is 22.9. The van der Waals surface area contributed by atoms with E-state index in [0.29, 0.717) is 43.9 Å². The van der Waals surface area contributed by atoms with Crippen LogP contribution in [0.3, 0.4) is 0 Å². The van der Waals surface area contributed by atoms with Crippen molar-refractivity contribution in [3.05, 3.63) is 40.9 Å². The van der Waals surface area contributed by atoms with E-state index in [1.807, 2.05) is 13.0 Å². The molecule has 2 atom stereocenters.